The third-order valence-electron chi connectivity index (χ3n) is 6.30. The number of carbonyl (C=O) groups excluding carboxylic acids is 1. The van der Waals surface area contributed by atoms with Crippen LogP contribution < -0.4 is 15.8 Å². The van der Waals surface area contributed by atoms with Crippen LogP contribution in [0.1, 0.15) is 34.5 Å². The molecule has 1 aliphatic carbocycles. The predicted molar refractivity (Wildman–Crippen MR) is 121 cm³/mol. The first-order valence-electron chi connectivity index (χ1n) is 11.1. The number of carbonyl (C=O) groups is 1. The van der Waals surface area contributed by atoms with E-state index >= 15 is 0 Å². The van der Waals surface area contributed by atoms with E-state index in [1.54, 1.807) is 25.1 Å². The van der Waals surface area contributed by atoms with Crippen LogP contribution >= 0.6 is 0 Å². The zero-order chi connectivity index (χ0) is 23.1. The number of nitrogens with one attached hydrogen (secondary N) is 2. The minimum atomic E-state index is -0.524. The fourth-order valence-corrected chi connectivity index (χ4v) is 4.16. The molecule has 1 amide bonds. The average molecular weight is 453 g/mol. The minimum absolute atomic E-state index is 0.0683. The molecule has 2 fully saturated rings. The smallest absolute Gasteiger partial charge is 0.269 e. The van der Waals surface area contributed by atoms with Crippen molar-refractivity contribution in [1.82, 2.24) is 20.2 Å². The zero-order valence-electron chi connectivity index (χ0n) is 18.3. The van der Waals surface area contributed by atoms with Crippen LogP contribution in [0, 0.1) is 18.6 Å². The van der Waals surface area contributed by atoms with Crippen LogP contribution in [0.25, 0.3) is 11.0 Å². The number of benzene rings is 2. The van der Waals surface area contributed by atoms with Gasteiger partial charge in [0.05, 0.1) is 11.1 Å². The summed E-state index contributed by atoms with van der Waals surface area (Å²) in [7, 11) is 0. The first kappa shape index (κ1) is 21.5. The maximum absolute atomic E-state index is 15.0. The van der Waals surface area contributed by atoms with Crippen LogP contribution in [-0.4, -0.2) is 53.0 Å². The number of H-pyrrole nitrogens is 1. The Labute approximate surface area is 189 Å². The quantitative estimate of drug-likeness (QED) is 0.621. The van der Waals surface area contributed by atoms with Crippen LogP contribution in [-0.2, 0) is 6.54 Å². The van der Waals surface area contributed by atoms with Crippen LogP contribution in [0.3, 0.4) is 0 Å². The lowest BCUT2D eigenvalue weighted by atomic mass is 10.1. The number of aromatic nitrogens is 2. The van der Waals surface area contributed by atoms with Gasteiger partial charge in [-0.1, -0.05) is 6.07 Å². The Bertz CT molecular complexity index is 1280. The summed E-state index contributed by atoms with van der Waals surface area (Å²) in [5.41, 5.74) is 1.76. The number of amides is 1. The second-order valence-electron chi connectivity index (χ2n) is 8.76. The van der Waals surface area contributed by atoms with Crippen LogP contribution in [0.4, 0.5) is 14.5 Å². The van der Waals surface area contributed by atoms with E-state index in [1.165, 1.54) is 12.1 Å². The van der Waals surface area contributed by atoms with E-state index in [9.17, 15) is 18.4 Å². The fourth-order valence-electron chi connectivity index (χ4n) is 4.16. The Kier molecular flexibility index (Phi) is 5.57. The van der Waals surface area contributed by atoms with Crippen molar-refractivity contribution in [3.05, 3.63) is 69.1 Å². The summed E-state index contributed by atoms with van der Waals surface area (Å²) in [6.45, 7) is 4.64. The Morgan fingerprint density at radius 2 is 1.91 bits per heavy atom. The number of nitrogens with zero attached hydrogens (tertiary/aromatic N) is 3. The minimum Gasteiger partial charge on any atom is -0.369 e. The van der Waals surface area contributed by atoms with Gasteiger partial charge in [-0.25, -0.2) is 13.8 Å². The van der Waals surface area contributed by atoms with Gasteiger partial charge in [-0.3, -0.25) is 14.5 Å². The van der Waals surface area contributed by atoms with Gasteiger partial charge in [0.1, 0.15) is 17.0 Å². The van der Waals surface area contributed by atoms with Crippen molar-refractivity contribution in [1.29, 1.82) is 0 Å². The van der Waals surface area contributed by atoms with Gasteiger partial charge >= 0.3 is 0 Å². The van der Waals surface area contributed by atoms with E-state index in [0.717, 1.165) is 18.5 Å². The van der Waals surface area contributed by atoms with E-state index < -0.39 is 17.2 Å². The first-order chi connectivity index (χ1) is 15.9. The van der Waals surface area contributed by atoms with Crippen molar-refractivity contribution >= 4 is 22.6 Å². The van der Waals surface area contributed by atoms with Gasteiger partial charge in [0.15, 0.2) is 5.82 Å². The van der Waals surface area contributed by atoms with Gasteiger partial charge < -0.3 is 15.2 Å². The average Bonchev–Trinajstić information content (AvgIpc) is 3.61. The summed E-state index contributed by atoms with van der Waals surface area (Å²) in [6.07, 6.45) is 1.90. The lowest BCUT2D eigenvalue weighted by Gasteiger charge is -2.36. The molecular formula is C24H25F2N5O2. The maximum atomic E-state index is 15.0. The van der Waals surface area contributed by atoms with Crippen molar-refractivity contribution in [3.63, 3.8) is 0 Å². The summed E-state index contributed by atoms with van der Waals surface area (Å²) in [5.74, 6) is -1.35. The molecule has 3 aromatic rings. The van der Waals surface area contributed by atoms with Crippen molar-refractivity contribution in [2.45, 2.75) is 32.4 Å². The highest BCUT2D eigenvalue weighted by Gasteiger charge is 2.26. The molecule has 0 bridgehead atoms. The van der Waals surface area contributed by atoms with Gasteiger partial charge in [-0.2, -0.15) is 0 Å². The Morgan fingerprint density at radius 3 is 2.61 bits per heavy atom. The number of aryl methyl sites for hydroxylation is 1. The fraction of sp³-hybridized carbons (Fsp3) is 0.375. The van der Waals surface area contributed by atoms with Gasteiger partial charge in [0.2, 0.25) is 0 Å². The van der Waals surface area contributed by atoms with E-state index in [2.05, 4.69) is 25.1 Å². The van der Waals surface area contributed by atoms with Crippen molar-refractivity contribution in [2.24, 2.45) is 0 Å². The molecule has 1 saturated carbocycles. The molecule has 2 N–H and O–H groups in total. The third-order valence-corrected chi connectivity index (χ3v) is 6.30. The molecule has 1 saturated heterocycles. The number of piperazine rings is 1. The molecule has 2 aliphatic rings. The summed E-state index contributed by atoms with van der Waals surface area (Å²) < 4.78 is 29.5. The normalized spacial score (nSPS) is 16.9. The van der Waals surface area contributed by atoms with Crippen LogP contribution in [0.5, 0.6) is 0 Å². The third kappa shape index (κ3) is 4.45. The van der Waals surface area contributed by atoms with Gasteiger partial charge in [0.25, 0.3) is 11.5 Å². The zero-order valence-corrected chi connectivity index (χ0v) is 18.3. The summed E-state index contributed by atoms with van der Waals surface area (Å²) in [5, 5.41) is 2.81. The topological polar surface area (TPSA) is 81.3 Å². The van der Waals surface area contributed by atoms with Crippen LogP contribution in [0.2, 0.25) is 0 Å². The molecule has 0 atom stereocenters. The van der Waals surface area contributed by atoms with Crippen molar-refractivity contribution < 1.29 is 13.6 Å². The molecule has 5 rings (SSSR count). The number of anilines is 1. The number of fused-ring (bicyclic) bond motifs is 1. The first-order valence-corrected chi connectivity index (χ1v) is 11.1. The summed E-state index contributed by atoms with van der Waals surface area (Å²) >= 11 is 0. The van der Waals surface area contributed by atoms with E-state index in [1.807, 2.05) is 0 Å². The molecule has 1 aromatic heterocycles. The van der Waals surface area contributed by atoms with Crippen molar-refractivity contribution in [2.75, 3.05) is 31.1 Å². The lowest BCUT2D eigenvalue weighted by molar-refractivity contribution is 0.0947. The standard InChI is InChI=1S/C24H25F2N5O2/c1-14-23(32)29-22-20(27-14)7-2-15(21(22)26)13-30-8-10-31(11-9-30)17-5-6-18(19(25)12-17)24(33)28-16-3-4-16/h2,5-7,12,16H,3-4,8-11,13H2,1H3,(H,28,33)(H,29,32). The maximum Gasteiger partial charge on any atom is 0.269 e. The highest BCUT2D eigenvalue weighted by Crippen LogP contribution is 2.24. The SMILES string of the molecule is Cc1nc2ccc(CN3CCN(c4ccc(C(=O)NC5CC5)c(F)c4)CC3)c(F)c2[nH]c1=O. The lowest BCUT2D eigenvalue weighted by Crippen LogP contribution is -2.46. The molecule has 7 nitrogen and oxygen atoms in total. The highest BCUT2D eigenvalue weighted by molar-refractivity contribution is 5.95. The molecule has 2 heterocycles. The molecule has 172 valence electrons. The Morgan fingerprint density at radius 1 is 1.15 bits per heavy atom. The van der Waals surface area contributed by atoms with Gasteiger partial charge in [0, 0.05) is 50.0 Å². The number of halogens is 2. The second-order valence-corrected chi connectivity index (χ2v) is 8.76. The van der Waals surface area contributed by atoms with E-state index in [-0.39, 0.29) is 23.0 Å². The number of hydrogen-bond donors (Lipinski definition) is 2. The van der Waals surface area contributed by atoms with Gasteiger partial charge in [-0.15, -0.1) is 0 Å². The number of hydrogen-bond acceptors (Lipinski definition) is 5. The molecule has 33 heavy (non-hydrogen) atoms. The number of aromatic amines is 1. The van der Waals surface area contributed by atoms with Crippen molar-refractivity contribution in [3.8, 4) is 0 Å². The van der Waals surface area contributed by atoms with E-state index in [4.69, 9.17) is 0 Å². The predicted octanol–water partition coefficient (Wildman–Crippen LogP) is 2.72. The van der Waals surface area contributed by atoms with Crippen LogP contribution in [0.15, 0.2) is 35.1 Å². The van der Waals surface area contributed by atoms with E-state index in [0.29, 0.717) is 49.5 Å². The highest BCUT2D eigenvalue weighted by atomic mass is 19.1. The monoisotopic (exact) mass is 453 g/mol. The molecule has 0 unspecified atom stereocenters. The molecule has 0 radical (unpaired) electrons. The molecule has 9 heteroatoms. The largest absolute Gasteiger partial charge is 0.369 e. The molecule has 2 aromatic carbocycles. The Hall–Kier alpha value is -3.33. The molecule has 1 aliphatic heterocycles. The summed E-state index contributed by atoms with van der Waals surface area (Å²) in [4.78, 5) is 34.9. The van der Waals surface area contributed by atoms with Gasteiger partial charge in [-0.05, 0) is 44.0 Å². The molecular weight excluding hydrogens is 428 g/mol. The second kappa shape index (κ2) is 8.55. The Balaban J connectivity index is 1.24. The molecule has 0 spiro atoms. The number of rotatable bonds is 5. The summed E-state index contributed by atoms with van der Waals surface area (Å²) in [6, 6.07) is 8.32.